The van der Waals surface area contributed by atoms with Gasteiger partial charge in [0.15, 0.2) is 0 Å². The first-order valence-corrected chi connectivity index (χ1v) is 6.56. The second kappa shape index (κ2) is 5.60. The van der Waals surface area contributed by atoms with Gasteiger partial charge in [-0.15, -0.1) is 0 Å². The molecule has 1 aliphatic rings. The van der Waals surface area contributed by atoms with Crippen molar-refractivity contribution < 1.29 is 13.9 Å². The fourth-order valence-corrected chi connectivity index (χ4v) is 2.29. The average Bonchev–Trinajstić information content (AvgIpc) is 2.39. The van der Waals surface area contributed by atoms with E-state index in [9.17, 15) is 9.18 Å². The summed E-state index contributed by atoms with van der Waals surface area (Å²) in [6.07, 6.45) is 0. The topological polar surface area (TPSA) is 29.5 Å². The first-order chi connectivity index (χ1) is 8.22. The molecule has 1 fully saturated rings. The molecule has 1 aromatic rings. The van der Waals surface area contributed by atoms with Gasteiger partial charge in [0.05, 0.1) is 13.2 Å². The van der Waals surface area contributed by atoms with Crippen molar-refractivity contribution in [2.75, 3.05) is 26.3 Å². The van der Waals surface area contributed by atoms with Crippen LogP contribution >= 0.6 is 15.9 Å². The predicted octanol–water partition coefficient (Wildman–Crippen LogP) is 2.19. The number of carbonyl (C=O) groups is 1. The molecule has 5 heteroatoms. The van der Waals surface area contributed by atoms with Gasteiger partial charge in [-0.25, -0.2) is 4.39 Å². The quantitative estimate of drug-likeness (QED) is 0.784. The summed E-state index contributed by atoms with van der Waals surface area (Å²) in [7, 11) is 0. The summed E-state index contributed by atoms with van der Waals surface area (Å²) >= 11 is 3.31. The van der Waals surface area contributed by atoms with Crippen molar-refractivity contribution in [1.29, 1.82) is 0 Å². The molecule has 92 valence electrons. The van der Waals surface area contributed by atoms with Crippen LogP contribution in [0.4, 0.5) is 4.39 Å². The SMILES string of the molecule is O=C(c1cc(F)ccc1CBr)N1CCOCC1. The normalized spacial score (nSPS) is 16.0. The molecule has 1 aromatic carbocycles. The molecule has 0 aliphatic carbocycles. The van der Waals surface area contributed by atoms with Crippen molar-refractivity contribution in [1.82, 2.24) is 4.90 Å². The third-order valence-electron chi connectivity index (χ3n) is 2.74. The van der Waals surface area contributed by atoms with E-state index in [0.717, 1.165) is 5.56 Å². The van der Waals surface area contributed by atoms with Gasteiger partial charge in [-0.2, -0.15) is 0 Å². The molecule has 0 spiro atoms. The minimum absolute atomic E-state index is 0.123. The molecule has 0 radical (unpaired) electrons. The smallest absolute Gasteiger partial charge is 0.254 e. The Morgan fingerprint density at radius 2 is 2.12 bits per heavy atom. The van der Waals surface area contributed by atoms with Gasteiger partial charge < -0.3 is 9.64 Å². The zero-order valence-corrected chi connectivity index (χ0v) is 10.9. The van der Waals surface area contributed by atoms with Crippen LogP contribution in [0.25, 0.3) is 0 Å². The van der Waals surface area contributed by atoms with Crippen LogP contribution in [-0.4, -0.2) is 37.1 Å². The number of amides is 1. The Kier molecular flexibility index (Phi) is 4.12. The first kappa shape index (κ1) is 12.5. The molecule has 0 aromatic heterocycles. The largest absolute Gasteiger partial charge is 0.378 e. The van der Waals surface area contributed by atoms with E-state index in [1.807, 2.05) is 0 Å². The van der Waals surface area contributed by atoms with Crippen molar-refractivity contribution in [3.63, 3.8) is 0 Å². The van der Waals surface area contributed by atoms with Gasteiger partial charge in [-0.1, -0.05) is 22.0 Å². The van der Waals surface area contributed by atoms with E-state index in [1.165, 1.54) is 12.1 Å². The first-order valence-electron chi connectivity index (χ1n) is 5.44. The van der Waals surface area contributed by atoms with Crippen LogP contribution in [0.15, 0.2) is 18.2 Å². The number of benzene rings is 1. The molecular weight excluding hydrogens is 289 g/mol. The maximum absolute atomic E-state index is 13.2. The summed E-state index contributed by atoms with van der Waals surface area (Å²) in [5.74, 6) is -0.506. The molecule has 1 amide bonds. The minimum Gasteiger partial charge on any atom is -0.378 e. The van der Waals surface area contributed by atoms with E-state index < -0.39 is 0 Å². The van der Waals surface area contributed by atoms with Crippen molar-refractivity contribution >= 4 is 21.8 Å². The minimum atomic E-state index is -0.383. The Labute approximate surface area is 108 Å². The molecule has 0 atom stereocenters. The fraction of sp³-hybridized carbons (Fsp3) is 0.417. The summed E-state index contributed by atoms with van der Waals surface area (Å²) in [5.41, 5.74) is 1.24. The van der Waals surface area contributed by atoms with Gasteiger partial charge in [0.1, 0.15) is 5.82 Å². The van der Waals surface area contributed by atoms with E-state index in [1.54, 1.807) is 11.0 Å². The molecule has 1 aliphatic heterocycles. The molecule has 1 heterocycles. The van der Waals surface area contributed by atoms with Gasteiger partial charge in [0.2, 0.25) is 0 Å². The maximum atomic E-state index is 13.2. The molecular formula is C12H13BrFNO2. The molecule has 0 bridgehead atoms. The third-order valence-corrected chi connectivity index (χ3v) is 3.35. The van der Waals surface area contributed by atoms with Crippen LogP contribution in [0.1, 0.15) is 15.9 Å². The number of morpholine rings is 1. The zero-order chi connectivity index (χ0) is 12.3. The lowest BCUT2D eigenvalue weighted by atomic mass is 10.1. The molecule has 3 nitrogen and oxygen atoms in total. The summed E-state index contributed by atoms with van der Waals surface area (Å²) in [6, 6.07) is 4.30. The summed E-state index contributed by atoms with van der Waals surface area (Å²) in [5, 5.41) is 0.540. The third kappa shape index (κ3) is 2.84. The molecule has 1 saturated heterocycles. The number of hydrogen-bond acceptors (Lipinski definition) is 2. The van der Waals surface area contributed by atoms with Crippen LogP contribution < -0.4 is 0 Å². The highest BCUT2D eigenvalue weighted by molar-refractivity contribution is 9.08. The summed E-state index contributed by atoms with van der Waals surface area (Å²) in [4.78, 5) is 13.9. The number of halogens is 2. The summed E-state index contributed by atoms with van der Waals surface area (Å²) < 4.78 is 18.4. The zero-order valence-electron chi connectivity index (χ0n) is 9.29. The Balaban J connectivity index is 2.25. The Morgan fingerprint density at radius 3 is 2.76 bits per heavy atom. The molecule has 0 N–H and O–H groups in total. The van der Waals surface area contributed by atoms with Crippen LogP contribution in [-0.2, 0) is 10.1 Å². The van der Waals surface area contributed by atoms with E-state index >= 15 is 0 Å². The number of alkyl halides is 1. The van der Waals surface area contributed by atoms with E-state index in [-0.39, 0.29) is 11.7 Å². The lowest BCUT2D eigenvalue weighted by Crippen LogP contribution is -2.41. The molecule has 17 heavy (non-hydrogen) atoms. The van der Waals surface area contributed by atoms with Crippen molar-refractivity contribution in [2.45, 2.75) is 5.33 Å². The van der Waals surface area contributed by atoms with E-state index in [4.69, 9.17) is 4.74 Å². The Bertz CT molecular complexity index is 419. The highest BCUT2D eigenvalue weighted by Gasteiger charge is 2.21. The Hall–Kier alpha value is -0.940. The monoisotopic (exact) mass is 301 g/mol. The molecule has 0 saturated carbocycles. The average molecular weight is 302 g/mol. The van der Waals surface area contributed by atoms with Crippen molar-refractivity contribution in [3.8, 4) is 0 Å². The second-order valence-electron chi connectivity index (χ2n) is 3.84. The predicted molar refractivity (Wildman–Crippen MR) is 65.8 cm³/mol. The summed E-state index contributed by atoms with van der Waals surface area (Å²) in [6.45, 7) is 2.23. The highest BCUT2D eigenvalue weighted by atomic mass is 79.9. The maximum Gasteiger partial charge on any atom is 0.254 e. The number of hydrogen-bond donors (Lipinski definition) is 0. The van der Waals surface area contributed by atoms with E-state index in [2.05, 4.69) is 15.9 Å². The van der Waals surface area contributed by atoms with Crippen LogP contribution in [0.3, 0.4) is 0 Å². The van der Waals surface area contributed by atoms with Gasteiger partial charge in [-0.05, 0) is 17.7 Å². The van der Waals surface area contributed by atoms with Crippen LogP contribution in [0.5, 0.6) is 0 Å². The number of ether oxygens (including phenoxy) is 1. The lowest BCUT2D eigenvalue weighted by molar-refractivity contribution is 0.0302. The highest BCUT2D eigenvalue weighted by Crippen LogP contribution is 2.17. The van der Waals surface area contributed by atoms with Gasteiger partial charge in [0.25, 0.3) is 5.91 Å². The van der Waals surface area contributed by atoms with Gasteiger partial charge >= 0.3 is 0 Å². The van der Waals surface area contributed by atoms with Crippen LogP contribution in [0, 0.1) is 5.82 Å². The van der Waals surface area contributed by atoms with Gasteiger partial charge in [-0.3, -0.25) is 4.79 Å². The second-order valence-corrected chi connectivity index (χ2v) is 4.40. The number of rotatable bonds is 2. The Morgan fingerprint density at radius 1 is 1.41 bits per heavy atom. The fourth-order valence-electron chi connectivity index (χ4n) is 1.80. The van der Waals surface area contributed by atoms with Crippen molar-refractivity contribution in [2.24, 2.45) is 0 Å². The van der Waals surface area contributed by atoms with Crippen LogP contribution in [0.2, 0.25) is 0 Å². The standard InChI is InChI=1S/C12H13BrFNO2/c13-8-9-1-2-10(14)7-11(9)12(16)15-3-5-17-6-4-15/h1-2,7H,3-6,8H2. The van der Waals surface area contributed by atoms with Gasteiger partial charge in [0, 0.05) is 24.0 Å². The number of nitrogens with zero attached hydrogens (tertiary/aromatic N) is 1. The van der Waals surface area contributed by atoms with Crippen molar-refractivity contribution in [3.05, 3.63) is 35.1 Å². The lowest BCUT2D eigenvalue weighted by Gasteiger charge is -2.27. The molecule has 0 unspecified atom stereocenters. The number of carbonyl (C=O) groups excluding carboxylic acids is 1. The van der Waals surface area contributed by atoms with E-state index in [0.29, 0.717) is 37.2 Å². The molecule has 2 rings (SSSR count).